The molecule has 9 heavy (non-hydrogen) atoms. The summed E-state index contributed by atoms with van der Waals surface area (Å²) in [6.07, 6.45) is 6.62. The highest BCUT2D eigenvalue weighted by Crippen LogP contribution is 2.54. The molecule has 0 aromatic heterocycles. The van der Waals surface area contributed by atoms with Gasteiger partial charge in [0.2, 0.25) is 0 Å². The molecule has 0 fully saturated rings. The first-order valence-electron chi connectivity index (χ1n) is 2.33. The van der Waals surface area contributed by atoms with E-state index in [0.717, 1.165) is 0 Å². The van der Waals surface area contributed by atoms with Gasteiger partial charge in [0.15, 0.2) is 0 Å². The van der Waals surface area contributed by atoms with Crippen LogP contribution >= 0.6 is 18.0 Å². The van der Waals surface area contributed by atoms with E-state index < -0.39 is 6.57 Å². The van der Waals surface area contributed by atoms with Gasteiger partial charge < -0.3 is 4.52 Å². The standard InChI is InChI=1S/C5H9O2PS/c1-4-5-7-8(2,6)9-3/h1H,5H2,2-3H3. The Labute approximate surface area is 59.6 Å². The first-order chi connectivity index (χ1) is 4.12. The molecule has 0 saturated heterocycles. The van der Waals surface area contributed by atoms with Crippen LogP contribution in [0.5, 0.6) is 0 Å². The van der Waals surface area contributed by atoms with Gasteiger partial charge in [-0.1, -0.05) is 17.3 Å². The Hall–Kier alpha value is 0.100. The van der Waals surface area contributed by atoms with Crippen LogP contribution in [0.25, 0.3) is 0 Å². The number of hydrogen-bond donors (Lipinski definition) is 0. The van der Waals surface area contributed by atoms with Crippen LogP contribution in [0.1, 0.15) is 0 Å². The maximum absolute atomic E-state index is 11.0. The van der Waals surface area contributed by atoms with Gasteiger partial charge in [-0.2, -0.15) is 0 Å². The lowest BCUT2D eigenvalue weighted by Gasteiger charge is -2.06. The molecule has 4 heteroatoms. The molecular weight excluding hydrogens is 155 g/mol. The second-order valence-corrected chi connectivity index (χ2v) is 6.68. The molecule has 1 unspecified atom stereocenters. The van der Waals surface area contributed by atoms with Gasteiger partial charge in [-0.05, 0) is 6.26 Å². The molecule has 0 heterocycles. The van der Waals surface area contributed by atoms with Crippen molar-refractivity contribution in [2.45, 2.75) is 0 Å². The monoisotopic (exact) mass is 164 g/mol. The molecule has 0 aromatic carbocycles. The van der Waals surface area contributed by atoms with Crippen LogP contribution in [-0.2, 0) is 9.09 Å². The molecule has 0 saturated carbocycles. The van der Waals surface area contributed by atoms with Gasteiger partial charge in [0.25, 0.3) is 6.57 Å². The van der Waals surface area contributed by atoms with Crippen LogP contribution < -0.4 is 0 Å². The van der Waals surface area contributed by atoms with Crippen LogP contribution in [0.4, 0.5) is 0 Å². The first kappa shape index (κ1) is 9.10. The zero-order chi connectivity index (χ0) is 7.33. The van der Waals surface area contributed by atoms with E-state index >= 15 is 0 Å². The lowest BCUT2D eigenvalue weighted by atomic mass is 10.8. The summed E-state index contributed by atoms with van der Waals surface area (Å²) < 4.78 is 15.8. The predicted molar refractivity (Wildman–Crippen MR) is 41.8 cm³/mol. The van der Waals surface area contributed by atoms with E-state index in [-0.39, 0.29) is 6.61 Å². The molecular formula is C5H9O2PS. The summed E-state index contributed by atoms with van der Waals surface area (Å²) in [6, 6.07) is 0. The Morgan fingerprint density at radius 1 is 1.89 bits per heavy atom. The average molecular weight is 164 g/mol. The molecule has 0 bridgehead atoms. The molecule has 0 aliphatic rings. The Bertz CT molecular complexity index is 161. The SMILES string of the molecule is C#CCOP(C)(=O)SC. The third-order valence-electron chi connectivity index (χ3n) is 0.714. The molecule has 0 aromatic rings. The molecule has 1 atom stereocenters. The summed E-state index contributed by atoms with van der Waals surface area (Å²) in [5, 5.41) is 0. The van der Waals surface area contributed by atoms with E-state index in [1.54, 1.807) is 12.9 Å². The minimum absolute atomic E-state index is 0.134. The maximum atomic E-state index is 11.0. The molecule has 0 N–H and O–H groups in total. The summed E-state index contributed by atoms with van der Waals surface area (Å²) in [4.78, 5) is 0. The molecule has 0 spiro atoms. The third-order valence-corrected chi connectivity index (χ3v) is 4.28. The molecule has 0 rings (SSSR count). The summed E-state index contributed by atoms with van der Waals surface area (Å²) in [5.41, 5.74) is 0. The quantitative estimate of drug-likeness (QED) is 0.470. The van der Waals surface area contributed by atoms with E-state index in [0.29, 0.717) is 0 Å². The van der Waals surface area contributed by atoms with Crippen molar-refractivity contribution in [3.63, 3.8) is 0 Å². The van der Waals surface area contributed by atoms with Crippen molar-refractivity contribution in [2.24, 2.45) is 0 Å². The van der Waals surface area contributed by atoms with E-state index in [1.807, 2.05) is 0 Å². The Morgan fingerprint density at radius 2 is 2.44 bits per heavy atom. The van der Waals surface area contributed by atoms with Crippen molar-refractivity contribution in [2.75, 3.05) is 19.5 Å². The smallest absolute Gasteiger partial charge is 0.255 e. The van der Waals surface area contributed by atoms with Gasteiger partial charge in [-0.25, -0.2) is 0 Å². The topological polar surface area (TPSA) is 26.3 Å². The van der Waals surface area contributed by atoms with Gasteiger partial charge in [-0.3, -0.25) is 4.57 Å². The van der Waals surface area contributed by atoms with Crippen molar-refractivity contribution in [3.8, 4) is 12.3 Å². The lowest BCUT2D eigenvalue weighted by Crippen LogP contribution is -1.83. The highest BCUT2D eigenvalue weighted by molar-refractivity contribution is 8.56. The van der Waals surface area contributed by atoms with Gasteiger partial charge in [-0.15, -0.1) is 6.42 Å². The van der Waals surface area contributed by atoms with Gasteiger partial charge in [0.1, 0.15) is 6.61 Å². The summed E-state index contributed by atoms with van der Waals surface area (Å²) >= 11 is 1.20. The van der Waals surface area contributed by atoms with Crippen molar-refractivity contribution >= 4 is 18.0 Å². The zero-order valence-corrected chi connectivity index (χ0v) is 7.17. The van der Waals surface area contributed by atoms with E-state index in [9.17, 15) is 4.57 Å². The number of hydrogen-bond acceptors (Lipinski definition) is 3. The second-order valence-electron chi connectivity index (χ2n) is 1.43. The van der Waals surface area contributed by atoms with E-state index in [2.05, 4.69) is 5.92 Å². The Balaban J connectivity index is 3.63. The predicted octanol–water partition coefficient (Wildman–Crippen LogP) is 1.82. The largest absolute Gasteiger partial charge is 0.308 e. The molecule has 0 aliphatic heterocycles. The number of rotatable bonds is 3. The minimum atomic E-state index is -2.42. The number of terminal acetylenes is 1. The van der Waals surface area contributed by atoms with Crippen LogP contribution in [0.15, 0.2) is 0 Å². The summed E-state index contributed by atoms with van der Waals surface area (Å²) in [5.74, 6) is 2.25. The zero-order valence-electron chi connectivity index (χ0n) is 5.46. The van der Waals surface area contributed by atoms with Crippen LogP contribution in [0, 0.1) is 12.3 Å². The second kappa shape index (κ2) is 4.00. The van der Waals surface area contributed by atoms with Crippen molar-refractivity contribution in [1.82, 2.24) is 0 Å². The van der Waals surface area contributed by atoms with Gasteiger partial charge >= 0.3 is 0 Å². The van der Waals surface area contributed by atoms with E-state index in [4.69, 9.17) is 10.9 Å². The summed E-state index contributed by atoms with van der Waals surface area (Å²) in [6.45, 7) is -0.732. The maximum Gasteiger partial charge on any atom is 0.255 e. The van der Waals surface area contributed by atoms with Crippen LogP contribution in [0.2, 0.25) is 0 Å². The Kier molecular flexibility index (Phi) is 4.05. The highest BCUT2D eigenvalue weighted by atomic mass is 32.7. The normalized spacial score (nSPS) is 16.1. The fraction of sp³-hybridized carbons (Fsp3) is 0.600. The first-order valence-corrected chi connectivity index (χ1v) is 6.24. The molecule has 52 valence electrons. The molecule has 2 nitrogen and oxygen atoms in total. The van der Waals surface area contributed by atoms with E-state index in [1.165, 1.54) is 11.4 Å². The highest BCUT2D eigenvalue weighted by Gasteiger charge is 2.11. The fourth-order valence-corrected chi connectivity index (χ4v) is 1.10. The Morgan fingerprint density at radius 3 is 2.78 bits per heavy atom. The summed E-state index contributed by atoms with van der Waals surface area (Å²) in [7, 11) is 0. The molecule has 0 radical (unpaired) electrons. The third kappa shape index (κ3) is 4.59. The average Bonchev–Trinajstić information content (AvgIpc) is 1.84. The molecule has 0 aliphatic carbocycles. The minimum Gasteiger partial charge on any atom is -0.308 e. The lowest BCUT2D eigenvalue weighted by molar-refractivity contribution is 0.377. The van der Waals surface area contributed by atoms with Crippen molar-refractivity contribution < 1.29 is 9.09 Å². The van der Waals surface area contributed by atoms with Crippen molar-refractivity contribution in [3.05, 3.63) is 0 Å². The van der Waals surface area contributed by atoms with Crippen LogP contribution in [0.3, 0.4) is 0 Å². The fourth-order valence-electron chi connectivity index (χ4n) is 0.207. The van der Waals surface area contributed by atoms with Gasteiger partial charge in [0, 0.05) is 6.66 Å². The molecule has 0 amide bonds. The van der Waals surface area contributed by atoms with Gasteiger partial charge in [0.05, 0.1) is 0 Å². The van der Waals surface area contributed by atoms with Crippen molar-refractivity contribution in [1.29, 1.82) is 0 Å². The van der Waals surface area contributed by atoms with Crippen LogP contribution in [-0.4, -0.2) is 19.5 Å².